The summed E-state index contributed by atoms with van der Waals surface area (Å²) in [6.07, 6.45) is 5.44. The van der Waals surface area contributed by atoms with Crippen LogP contribution in [0.1, 0.15) is 26.3 Å². The van der Waals surface area contributed by atoms with E-state index >= 15 is 0 Å². The number of hydrogen-bond donors (Lipinski definition) is 1. The summed E-state index contributed by atoms with van der Waals surface area (Å²) in [5.74, 6) is 0.682. The highest BCUT2D eigenvalue weighted by Crippen LogP contribution is 2.43. The van der Waals surface area contributed by atoms with Crippen molar-refractivity contribution in [2.75, 3.05) is 6.54 Å². The van der Waals surface area contributed by atoms with E-state index in [2.05, 4.69) is 28.7 Å². The molecule has 9 heteroatoms. The molecule has 8 nitrogen and oxygen atoms in total. The van der Waals surface area contributed by atoms with Gasteiger partial charge in [-0.1, -0.05) is 37.7 Å². The van der Waals surface area contributed by atoms with Gasteiger partial charge in [-0.15, -0.1) is 0 Å². The minimum Gasteiger partial charge on any atom is -0.388 e. The van der Waals surface area contributed by atoms with Crippen molar-refractivity contribution in [2.24, 2.45) is 21.6 Å². The van der Waals surface area contributed by atoms with Crippen LogP contribution in [0.5, 0.6) is 0 Å². The summed E-state index contributed by atoms with van der Waals surface area (Å²) in [6.45, 7) is 7.08. The number of aromatic nitrogens is 1. The van der Waals surface area contributed by atoms with Crippen molar-refractivity contribution in [1.29, 1.82) is 0 Å². The van der Waals surface area contributed by atoms with E-state index in [9.17, 15) is 10.1 Å². The maximum absolute atomic E-state index is 11.2. The van der Waals surface area contributed by atoms with Crippen molar-refractivity contribution in [3.05, 3.63) is 64.5 Å². The molecule has 0 saturated heterocycles. The van der Waals surface area contributed by atoms with Crippen LogP contribution in [0.25, 0.3) is 0 Å². The Labute approximate surface area is 180 Å². The van der Waals surface area contributed by atoms with Crippen LogP contribution in [-0.2, 0) is 6.54 Å². The number of nitrogens with zero attached hydrogens (tertiary/aromatic N) is 5. The zero-order valence-electron chi connectivity index (χ0n) is 17.3. The van der Waals surface area contributed by atoms with Crippen LogP contribution in [-0.4, -0.2) is 44.4 Å². The van der Waals surface area contributed by atoms with Gasteiger partial charge in [-0.2, -0.15) is 0 Å². The van der Waals surface area contributed by atoms with Crippen LogP contribution < -0.4 is 5.73 Å². The molecule has 0 aliphatic carbocycles. The predicted octanol–water partition coefficient (Wildman–Crippen LogP) is 3.72. The summed E-state index contributed by atoms with van der Waals surface area (Å²) >= 11 is 1.56. The monoisotopic (exact) mass is 426 g/mol. The Hall–Kier alpha value is -2.94. The molecule has 0 bridgehead atoms. The van der Waals surface area contributed by atoms with E-state index in [4.69, 9.17) is 10.7 Å². The molecule has 1 aromatic carbocycles. The molecule has 158 valence electrons. The van der Waals surface area contributed by atoms with Gasteiger partial charge in [0, 0.05) is 36.0 Å². The first kappa shape index (κ1) is 21.8. The summed E-state index contributed by atoms with van der Waals surface area (Å²) in [5, 5.41) is 11.1. The second-order valence-electron chi connectivity index (χ2n) is 7.61. The van der Waals surface area contributed by atoms with Crippen molar-refractivity contribution in [3.63, 3.8) is 0 Å². The quantitative estimate of drug-likeness (QED) is 0.298. The Morgan fingerprint density at radius 2 is 2.20 bits per heavy atom. The molecule has 2 aromatic rings. The molecule has 2 N–H and O–H groups in total. The van der Waals surface area contributed by atoms with Gasteiger partial charge < -0.3 is 10.6 Å². The fourth-order valence-electron chi connectivity index (χ4n) is 3.38. The highest BCUT2D eigenvalue weighted by atomic mass is 32.2. The van der Waals surface area contributed by atoms with Gasteiger partial charge in [-0.3, -0.25) is 25.1 Å². The highest BCUT2D eigenvalue weighted by Gasteiger charge is 2.48. The molecule has 0 spiro atoms. The van der Waals surface area contributed by atoms with Gasteiger partial charge in [0.15, 0.2) is 0 Å². The normalized spacial score (nSPS) is 21.4. The second-order valence-corrected chi connectivity index (χ2v) is 8.76. The van der Waals surface area contributed by atoms with Gasteiger partial charge in [0.05, 0.1) is 23.6 Å². The Morgan fingerprint density at radius 3 is 2.83 bits per heavy atom. The fourth-order valence-corrected chi connectivity index (χ4v) is 4.86. The number of nitrogens with two attached hydrogens (primary N) is 1. The van der Waals surface area contributed by atoms with E-state index in [-0.39, 0.29) is 21.9 Å². The number of hydrogen-bond acceptors (Lipinski definition) is 7. The largest absolute Gasteiger partial charge is 0.388 e. The molecule has 30 heavy (non-hydrogen) atoms. The topological polar surface area (TPSA) is 110 Å². The number of rotatable bonds is 8. The molecule has 0 fully saturated rings. The number of nitro benzene ring substituents is 1. The van der Waals surface area contributed by atoms with Crippen LogP contribution in [0.15, 0.2) is 63.7 Å². The van der Waals surface area contributed by atoms with Crippen LogP contribution in [0, 0.1) is 16.0 Å². The fraction of sp³-hybridized carbons (Fsp3) is 0.381. The first-order chi connectivity index (χ1) is 14.3. The molecule has 1 aromatic heterocycles. The summed E-state index contributed by atoms with van der Waals surface area (Å²) in [7, 11) is 0. The lowest BCUT2D eigenvalue weighted by molar-refractivity contribution is -0.385. The van der Waals surface area contributed by atoms with Crippen molar-refractivity contribution in [2.45, 2.75) is 43.1 Å². The van der Waals surface area contributed by atoms with Crippen LogP contribution in [0.2, 0.25) is 0 Å². The number of benzene rings is 1. The number of pyridine rings is 1. The van der Waals surface area contributed by atoms with Gasteiger partial charge in [0.1, 0.15) is 10.9 Å². The Balaban J connectivity index is 1.97. The molecular weight excluding hydrogens is 400 g/mol. The molecule has 2 atom stereocenters. The Kier molecular flexibility index (Phi) is 6.71. The van der Waals surface area contributed by atoms with E-state index < -0.39 is 5.54 Å². The van der Waals surface area contributed by atoms with Crippen LogP contribution in [0.4, 0.5) is 5.69 Å². The highest BCUT2D eigenvalue weighted by molar-refractivity contribution is 8.00. The number of amidine groups is 1. The number of non-ortho nitro benzene ring substituents is 1. The zero-order chi connectivity index (χ0) is 21.7. The molecule has 3 rings (SSSR count). The van der Waals surface area contributed by atoms with E-state index in [0.29, 0.717) is 18.9 Å². The molecule has 2 unspecified atom stereocenters. The molecule has 2 heterocycles. The minimum atomic E-state index is -0.516. The summed E-state index contributed by atoms with van der Waals surface area (Å²) in [5.41, 5.74) is 6.45. The Bertz CT molecular complexity index is 946. The number of nitro groups is 1. The zero-order valence-corrected chi connectivity index (χ0v) is 18.1. The van der Waals surface area contributed by atoms with Gasteiger partial charge in [0.2, 0.25) is 0 Å². The average Bonchev–Trinajstić information content (AvgIpc) is 3.06. The van der Waals surface area contributed by atoms with Crippen molar-refractivity contribution >= 4 is 29.6 Å². The van der Waals surface area contributed by atoms with Gasteiger partial charge in [0.25, 0.3) is 5.69 Å². The molecule has 0 saturated carbocycles. The maximum Gasteiger partial charge on any atom is 0.270 e. The first-order valence-corrected chi connectivity index (χ1v) is 10.6. The van der Waals surface area contributed by atoms with Crippen LogP contribution >= 0.6 is 11.8 Å². The average molecular weight is 427 g/mol. The van der Waals surface area contributed by atoms with Crippen molar-refractivity contribution in [3.8, 4) is 0 Å². The van der Waals surface area contributed by atoms with E-state index in [1.54, 1.807) is 37.0 Å². The number of thioether (sulfide) groups is 1. The summed E-state index contributed by atoms with van der Waals surface area (Å²) in [4.78, 5) is 27.4. The van der Waals surface area contributed by atoms with Gasteiger partial charge in [-0.25, -0.2) is 0 Å². The lowest BCUT2D eigenvalue weighted by atomic mass is 9.87. The van der Waals surface area contributed by atoms with E-state index in [0.717, 1.165) is 10.5 Å². The molecular formula is C21H26N6O2S. The molecule has 0 amide bonds. The lowest BCUT2D eigenvalue weighted by Gasteiger charge is -2.38. The summed E-state index contributed by atoms with van der Waals surface area (Å²) in [6, 6.07) is 10.6. The third-order valence-electron chi connectivity index (χ3n) is 5.12. The van der Waals surface area contributed by atoms with E-state index in [1.807, 2.05) is 30.7 Å². The maximum atomic E-state index is 11.2. The van der Waals surface area contributed by atoms with Crippen molar-refractivity contribution < 1.29 is 4.92 Å². The van der Waals surface area contributed by atoms with Crippen LogP contribution in [0.3, 0.4) is 0 Å². The SMILES string of the molecule is CC(N)=NCC1(C(C)C)N=CN(Cc2cccnc2)C1Sc1cccc([N+](=O)[O-])c1. The van der Waals surface area contributed by atoms with Gasteiger partial charge in [-0.05, 0) is 30.5 Å². The molecule has 0 radical (unpaired) electrons. The first-order valence-electron chi connectivity index (χ1n) is 9.69. The predicted molar refractivity (Wildman–Crippen MR) is 121 cm³/mol. The third-order valence-corrected chi connectivity index (χ3v) is 6.55. The summed E-state index contributed by atoms with van der Waals surface area (Å²) < 4.78 is 0. The molecule has 1 aliphatic rings. The van der Waals surface area contributed by atoms with E-state index in [1.165, 1.54) is 6.07 Å². The standard InChI is InChI=1S/C21H26N6O2S/c1-15(2)21(13-24-16(3)22)20(30-19-8-4-7-18(10-19)27(28)29)26(14-25-21)12-17-6-5-9-23-11-17/h4-11,14-15,20H,12-13H2,1-3H3,(H2,22,24). The van der Waals surface area contributed by atoms with Crippen molar-refractivity contribution in [1.82, 2.24) is 9.88 Å². The molecule has 1 aliphatic heterocycles. The number of aliphatic imine (C=N–C) groups is 2. The van der Waals surface area contributed by atoms with Gasteiger partial charge >= 0.3 is 0 Å². The smallest absolute Gasteiger partial charge is 0.270 e. The minimum absolute atomic E-state index is 0.0729. The lowest BCUT2D eigenvalue weighted by Crippen LogP contribution is -2.49. The third kappa shape index (κ3) is 4.79. The second kappa shape index (κ2) is 9.25. The Morgan fingerprint density at radius 1 is 1.40 bits per heavy atom.